The summed E-state index contributed by atoms with van der Waals surface area (Å²) in [6.45, 7) is 1.97. The van der Waals surface area contributed by atoms with Gasteiger partial charge in [-0.2, -0.15) is 0 Å². The van der Waals surface area contributed by atoms with Crippen molar-refractivity contribution in [2.75, 3.05) is 0 Å². The molecule has 0 aliphatic carbocycles. The first-order valence-electron chi connectivity index (χ1n) is 5.25. The SMILES string of the molecule is CC[C@@H]1OC1B1OC(=O)CCCC(=O)O1. The summed E-state index contributed by atoms with van der Waals surface area (Å²) in [5, 5.41) is 0. The van der Waals surface area contributed by atoms with Gasteiger partial charge in [0, 0.05) is 12.8 Å². The number of ether oxygens (including phenoxy) is 1. The van der Waals surface area contributed by atoms with E-state index >= 15 is 0 Å². The highest BCUT2D eigenvalue weighted by Crippen LogP contribution is 2.29. The minimum absolute atomic E-state index is 0.0510. The van der Waals surface area contributed by atoms with Crippen molar-refractivity contribution in [1.29, 1.82) is 0 Å². The summed E-state index contributed by atoms with van der Waals surface area (Å²) in [5.74, 6) is -0.643. The maximum absolute atomic E-state index is 11.2. The van der Waals surface area contributed by atoms with Crippen molar-refractivity contribution in [3.8, 4) is 0 Å². The van der Waals surface area contributed by atoms with Gasteiger partial charge in [0.2, 0.25) is 0 Å². The van der Waals surface area contributed by atoms with Crippen LogP contribution >= 0.6 is 0 Å². The van der Waals surface area contributed by atoms with E-state index in [2.05, 4.69) is 0 Å². The smallest absolute Gasteiger partial charge is 0.497 e. The third-order valence-corrected chi connectivity index (χ3v) is 2.55. The van der Waals surface area contributed by atoms with Gasteiger partial charge in [-0.25, -0.2) is 0 Å². The van der Waals surface area contributed by atoms with Crippen LogP contribution in [0.3, 0.4) is 0 Å². The van der Waals surface area contributed by atoms with Gasteiger partial charge >= 0.3 is 7.12 Å². The van der Waals surface area contributed by atoms with Crippen molar-refractivity contribution in [3.63, 3.8) is 0 Å². The van der Waals surface area contributed by atoms with Crippen LogP contribution in [0.5, 0.6) is 0 Å². The van der Waals surface area contributed by atoms with Crippen LogP contribution in [0.2, 0.25) is 0 Å². The molecule has 0 spiro atoms. The summed E-state index contributed by atoms with van der Waals surface area (Å²) in [4.78, 5) is 22.4. The van der Waals surface area contributed by atoms with Gasteiger partial charge in [0.15, 0.2) is 0 Å². The average Bonchev–Trinajstić information content (AvgIpc) is 2.93. The van der Waals surface area contributed by atoms with Gasteiger partial charge in [-0.3, -0.25) is 9.59 Å². The molecular formula is C9H13BO5. The molecule has 1 unspecified atom stereocenters. The Balaban J connectivity index is 1.95. The predicted octanol–water partition coefficient (Wildman–Crippen LogP) is 0.462. The summed E-state index contributed by atoms with van der Waals surface area (Å²) >= 11 is 0. The lowest BCUT2D eigenvalue weighted by Crippen LogP contribution is -2.37. The number of hydrogen-bond donors (Lipinski definition) is 0. The first-order valence-corrected chi connectivity index (χ1v) is 5.25. The van der Waals surface area contributed by atoms with E-state index in [-0.39, 0.29) is 36.9 Å². The molecule has 2 saturated heterocycles. The van der Waals surface area contributed by atoms with Gasteiger partial charge in [0.25, 0.3) is 11.9 Å². The first-order chi connectivity index (χ1) is 7.20. The van der Waals surface area contributed by atoms with Crippen LogP contribution in [0.15, 0.2) is 0 Å². The highest BCUT2D eigenvalue weighted by atomic mass is 16.7. The summed E-state index contributed by atoms with van der Waals surface area (Å²) in [6, 6.07) is -0.263. The van der Waals surface area contributed by atoms with Crippen molar-refractivity contribution in [1.82, 2.24) is 0 Å². The van der Waals surface area contributed by atoms with Gasteiger partial charge in [-0.05, 0) is 12.8 Å². The van der Waals surface area contributed by atoms with Gasteiger partial charge in [0.1, 0.15) is 6.00 Å². The van der Waals surface area contributed by atoms with E-state index in [0.29, 0.717) is 6.42 Å². The van der Waals surface area contributed by atoms with Crippen LogP contribution in [0.1, 0.15) is 32.6 Å². The molecule has 2 rings (SSSR count). The highest BCUT2D eigenvalue weighted by molar-refractivity contribution is 6.51. The second-order valence-electron chi connectivity index (χ2n) is 3.75. The quantitative estimate of drug-likeness (QED) is 0.491. The zero-order chi connectivity index (χ0) is 10.8. The van der Waals surface area contributed by atoms with Crippen LogP contribution in [0, 0.1) is 0 Å². The van der Waals surface area contributed by atoms with Crippen molar-refractivity contribution >= 4 is 19.1 Å². The number of rotatable bonds is 2. The summed E-state index contributed by atoms with van der Waals surface area (Å²) in [6.07, 6.45) is 1.92. The first kappa shape index (κ1) is 10.5. The maximum Gasteiger partial charge on any atom is 0.632 e. The fourth-order valence-electron chi connectivity index (χ4n) is 1.64. The molecule has 0 aromatic rings. The number of carbonyl (C=O) groups excluding carboxylic acids is 2. The van der Waals surface area contributed by atoms with Gasteiger partial charge < -0.3 is 14.0 Å². The zero-order valence-corrected chi connectivity index (χ0v) is 8.60. The molecule has 2 atom stereocenters. The molecule has 0 radical (unpaired) electrons. The van der Waals surface area contributed by atoms with Crippen LogP contribution in [0.25, 0.3) is 0 Å². The second kappa shape index (κ2) is 4.22. The molecular weight excluding hydrogens is 199 g/mol. The lowest BCUT2D eigenvalue weighted by Gasteiger charge is -2.15. The van der Waals surface area contributed by atoms with Crippen LogP contribution in [-0.2, 0) is 23.6 Å². The predicted molar refractivity (Wildman–Crippen MR) is 50.7 cm³/mol. The molecule has 2 aliphatic rings. The Bertz CT molecular complexity index is 262. The van der Waals surface area contributed by atoms with Gasteiger partial charge in [-0.1, -0.05) is 6.92 Å². The molecule has 0 saturated carbocycles. The molecule has 2 fully saturated rings. The third-order valence-electron chi connectivity index (χ3n) is 2.55. The minimum atomic E-state index is -0.838. The summed E-state index contributed by atoms with van der Waals surface area (Å²) in [5.41, 5.74) is 0. The lowest BCUT2D eigenvalue weighted by molar-refractivity contribution is -0.143. The van der Waals surface area contributed by atoms with E-state index < -0.39 is 7.12 Å². The van der Waals surface area contributed by atoms with E-state index in [0.717, 1.165) is 6.42 Å². The molecule has 0 aromatic carbocycles. The topological polar surface area (TPSA) is 65.1 Å². The van der Waals surface area contributed by atoms with Gasteiger partial charge in [-0.15, -0.1) is 0 Å². The maximum atomic E-state index is 11.2. The molecule has 0 N–H and O–H groups in total. The van der Waals surface area contributed by atoms with E-state index in [1.807, 2.05) is 6.92 Å². The number of hydrogen-bond acceptors (Lipinski definition) is 5. The fourth-order valence-corrected chi connectivity index (χ4v) is 1.64. The van der Waals surface area contributed by atoms with E-state index in [1.54, 1.807) is 0 Å². The Kier molecular flexibility index (Phi) is 2.95. The molecule has 2 aliphatic heterocycles. The molecule has 6 heteroatoms. The van der Waals surface area contributed by atoms with Crippen LogP contribution < -0.4 is 0 Å². The second-order valence-corrected chi connectivity index (χ2v) is 3.75. The van der Waals surface area contributed by atoms with Crippen LogP contribution in [-0.4, -0.2) is 31.2 Å². The third kappa shape index (κ3) is 2.50. The minimum Gasteiger partial charge on any atom is -0.497 e. The molecule has 5 nitrogen and oxygen atoms in total. The van der Waals surface area contributed by atoms with Crippen molar-refractivity contribution in [2.45, 2.75) is 44.7 Å². The molecule has 82 valence electrons. The Hall–Kier alpha value is -1.04. The van der Waals surface area contributed by atoms with Crippen LogP contribution in [0.4, 0.5) is 0 Å². The monoisotopic (exact) mass is 212 g/mol. The Labute approximate surface area is 88.2 Å². The number of carbonyl (C=O) groups is 2. The molecule has 0 bridgehead atoms. The Morgan fingerprint density at radius 3 is 2.33 bits per heavy atom. The van der Waals surface area contributed by atoms with Crippen molar-refractivity contribution < 1.29 is 23.6 Å². The highest BCUT2D eigenvalue weighted by Gasteiger charge is 2.54. The Morgan fingerprint density at radius 2 is 1.87 bits per heavy atom. The largest absolute Gasteiger partial charge is 0.632 e. The van der Waals surface area contributed by atoms with Crippen molar-refractivity contribution in [3.05, 3.63) is 0 Å². The normalized spacial score (nSPS) is 31.4. The molecule has 15 heavy (non-hydrogen) atoms. The van der Waals surface area contributed by atoms with E-state index in [9.17, 15) is 9.59 Å². The zero-order valence-electron chi connectivity index (χ0n) is 8.60. The number of epoxide rings is 1. The standard InChI is InChI=1S/C9H13BO5/c1-2-6-9(13-6)10-14-7(11)4-3-5-8(12)15-10/h6,9H,2-5H2,1H3/t6-,9?/m0/s1. The fraction of sp³-hybridized carbons (Fsp3) is 0.778. The van der Waals surface area contributed by atoms with Crippen molar-refractivity contribution in [2.24, 2.45) is 0 Å². The summed E-state index contributed by atoms with van der Waals surface area (Å²) in [7, 11) is -0.838. The molecule has 0 amide bonds. The average molecular weight is 212 g/mol. The van der Waals surface area contributed by atoms with E-state index in [4.69, 9.17) is 14.0 Å². The van der Waals surface area contributed by atoms with E-state index in [1.165, 1.54) is 0 Å². The lowest BCUT2D eigenvalue weighted by atomic mass is 9.81. The molecule has 2 heterocycles. The van der Waals surface area contributed by atoms with Gasteiger partial charge in [0.05, 0.1) is 6.10 Å². The Morgan fingerprint density at radius 1 is 1.27 bits per heavy atom. The molecule has 0 aromatic heterocycles. The summed E-state index contributed by atoms with van der Waals surface area (Å²) < 4.78 is 15.3.